The molecule has 0 aliphatic heterocycles. The molecule has 0 aliphatic carbocycles. The highest BCUT2D eigenvalue weighted by Crippen LogP contribution is 2.31. The van der Waals surface area contributed by atoms with Crippen molar-refractivity contribution < 1.29 is 13.9 Å². The molecule has 0 radical (unpaired) electrons. The maximum atomic E-state index is 12.3. The number of hydrogen-bond acceptors (Lipinski definition) is 5. The molecule has 24 heavy (non-hydrogen) atoms. The Morgan fingerprint density at radius 1 is 1.38 bits per heavy atom. The van der Waals surface area contributed by atoms with Crippen LogP contribution in [0.25, 0.3) is 10.9 Å². The predicted octanol–water partition coefficient (Wildman–Crippen LogP) is 1.98. The summed E-state index contributed by atoms with van der Waals surface area (Å²) in [6.45, 7) is 0.284. The third-order valence-corrected chi connectivity index (χ3v) is 3.56. The number of hydrogen-bond donors (Lipinski definition) is 4. The molecule has 3 rings (SSSR count). The SMILES string of the molecule is CN(C(=N)N)C(=O)c1cc2cccc(Oc3ccc(CN)o3)c2[nH]1. The topological polar surface area (TPSA) is 134 Å². The highest BCUT2D eigenvalue weighted by atomic mass is 16.6. The van der Waals surface area contributed by atoms with Crippen LogP contribution >= 0.6 is 0 Å². The average molecular weight is 327 g/mol. The first-order valence-electron chi connectivity index (χ1n) is 7.20. The molecule has 0 unspecified atom stereocenters. The Morgan fingerprint density at radius 3 is 2.83 bits per heavy atom. The lowest BCUT2D eigenvalue weighted by atomic mass is 10.2. The number of nitrogens with one attached hydrogen (secondary N) is 2. The van der Waals surface area contributed by atoms with Gasteiger partial charge in [0.15, 0.2) is 11.7 Å². The van der Waals surface area contributed by atoms with E-state index in [1.54, 1.807) is 30.3 Å². The van der Waals surface area contributed by atoms with Gasteiger partial charge < -0.3 is 25.6 Å². The van der Waals surface area contributed by atoms with Gasteiger partial charge in [-0.25, -0.2) is 0 Å². The first-order chi connectivity index (χ1) is 11.5. The summed E-state index contributed by atoms with van der Waals surface area (Å²) in [5, 5.41) is 8.14. The first kappa shape index (κ1) is 15.6. The van der Waals surface area contributed by atoms with Gasteiger partial charge in [-0.05, 0) is 18.2 Å². The second-order valence-electron chi connectivity index (χ2n) is 5.18. The summed E-state index contributed by atoms with van der Waals surface area (Å²) in [6.07, 6.45) is 0. The van der Waals surface area contributed by atoms with Crippen molar-refractivity contribution in [3.63, 3.8) is 0 Å². The highest BCUT2D eigenvalue weighted by molar-refractivity contribution is 6.06. The number of fused-ring (bicyclic) bond motifs is 1. The fraction of sp³-hybridized carbons (Fsp3) is 0.125. The third-order valence-electron chi connectivity index (χ3n) is 3.56. The van der Waals surface area contributed by atoms with Gasteiger partial charge in [0, 0.05) is 18.5 Å². The van der Waals surface area contributed by atoms with E-state index < -0.39 is 5.91 Å². The minimum absolute atomic E-state index is 0.284. The van der Waals surface area contributed by atoms with Gasteiger partial charge in [-0.3, -0.25) is 15.1 Å². The lowest BCUT2D eigenvalue weighted by Crippen LogP contribution is -2.38. The van der Waals surface area contributed by atoms with Gasteiger partial charge >= 0.3 is 0 Å². The number of benzene rings is 1. The number of para-hydroxylation sites is 1. The van der Waals surface area contributed by atoms with Crippen LogP contribution in [0.5, 0.6) is 11.7 Å². The summed E-state index contributed by atoms with van der Waals surface area (Å²) in [5.41, 5.74) is 11.8. The smallest absolute Gasteiger partial charge is 0.290 e. The van der Waals surface area contributed by atoms with Crippen LogP contribution in [0.3, 0.4) is 0 Å². The van der Waals surface area contributed by atoms with Gasteiger partial charge in [-0.15, -0.1) is 0 Å². The number of carbonyl (C=O) groups excluding carboxylic acids is 1. The number of nitrogens with two attached hydrogens (primary N) is 2. The molecule has 0 atom stereocenters. The van der Waals surface area contributed by atoms with Crippen LogP contribution in [-0.4, -0.2) is 28.8 Å². The number of H-pyrrole nitrogens is 1. The molecular formula is C16H17N5O3. The predicted molar refractivity (Wildman–Crippen MR) is 89.0 cm³/mol. The molecule has 2 aromatic heterocycles. The van der Waals surface area contributed by atoms with E-state index in [-0.39, 0.29) is 12.5 Å². The van der Waals surface area contributed by atoms with Crippen molar-refractivity contribution in [2.45, 2.75) is 6.54 Å². The molecule has 1 amide bonds. The van der Waals surface area contributed by atoms with E-state index in [1.165, 1.54) is 7.05 Å². The summed E-state index contributed by atoms with van der Waals surface area (Å²) in [7, 11) is 1.44. The molecule has 6 N–H and O–H groups in total. The second kappa shape index (κ2) is 6.09. The largest absolute Gasteiger partial charge is 0.429 e. The Balaban J connectivity index is 1.95. The molecule has 0 saturated heterocycles. The fourth-order valence-electron chi connectivity index (χ4n) is 2.25. The monoisotopic (exact) mass is 327 g/mol. The zero-order valence-corrected chi connectivity index (χ0v) is 13.0. The van der Waals surface area contributed by atoms with Crippen molar-refractivity contribution in [3.8, 4) is 11.7 Å². The maximum Gasteiger partial charge on any atom is 0.290 e. The standard InChI is InChI=1S/C16H17N5O3/c1-21(16(18)19)15(22)11-7-9-3-2-4-12(14(9)20-11)24-13-6-5-10(8-17)23-13/h2-7,20H,8,17H2,1H3,(H3,18,19). The van der Waals surface area contributed by atoms with E-state index in [1.807, 2.05) is 6.07 Å². The molecule has 8 nitrogen and oxygen atoms in total. The second-order valence-corrected chi connectivity index (χ2v) is 5.18. The average Bonchev–Trinajstić information content (AvgIpc) is 3.20. The van der Waals surface area contributed by atoms with Gasteiger partial charge in [-0.2, -0.15) is 0 Å². The lowest BCUT2D eigenvalue weighted by Gasteiger charge is -2.12. The van der Waals surface area contributed by atoms with E-state index in [2.05, 4.69) is 4.98 Å². The molecule has 124 valence electrons. The number of carbonyl (C=O) groups is 1. The van der Waals surface area contributed by atoms with Gasteiger partial charge in [0.2, 0.25) is 0 Å². The molecule has 0 spiro atoms. The van der Waals surface area contributed by atoms with Gasteiger partial charge in [0.1, 0.15) is 11.5 Å². The van der Waals surface area contributed by atoms with Crippen LogP contribution in [-0.2, 0) is 6.54 Å². The molecule has 1 aromatic carbocycles. The van der Waals surface area contributed by atoms with Crippen LogP contribution < -0.4 is 16.2 Å². The van der Waals surface area contributed by atoms with Crippen molar-refractivity contribution >= 4 is 22.8 Å². The summed E-state index contributed by atoms with van der Waals surface area (Å²) < 4.78 is 11.2. The van der Waals surface area contributed by atoms with Crippen molar-refractivity contribution in [3.05, 3.63) is 47.9 Å². The van der Waals surface area contributed by atoms with E-state index in [0.29, 0.717) is 28.7 Å². The van der Waals surface area contributed by atoms with Crippen molar-refractivity contribution in [2.24, 2.45) is 11.5 Å². The van der Waals surface area contributed by atoms with Gasteiger partial charge in [0.05, 0.1) is 12.1 Å². The molecular weight excluding hydrogens is 310 g/mol. The minimum atomic E-state index is -0.409. The summed E-state index contributed by atoms with van der Waals surface area (Å²) in [5.74, 6) is 0.692. The summed E-state index contributed by atoms with van der Waals surface area (Å²) in [4.78, 5) is 16.3. The molecule has 2 heterocycles. The molecule has 8 heteroatoms. The van der Waals surface area contributed by atoms with E-state index in [0.717, 1.165) is 10.3 Å². The number of rotatable bonds is 4. The van der Waals surface area contributed by atoms with Gasteiger partial charge in [-0.1, -0.05) is 12.1 Å². The zero-order chi connectivity index (χ0) is 17.3. The van der Waals surface area contributed by atoms with Crippen LogP contribution in [0.1, 0.15) is 16.2 Å². The van der Waals surface area contributed by atoms with Crippen LogP contribution in [0.4, 0.5) is 0 Å². The third kappa shape index (κ3) is 2.82. The Kier molecular flexibility index (Phi) is 3.97. The first-order valence-corrected chi connectivity index (χ1v) is 7.20. The number of nitrogens with zero attached hydrogens (tertiary/aromatic N) is 1. The molecule has 0 saturated carbocycles. The minimum Gasteiger partial charge on any atom is -0.429 e. The number of amides is 1. The van der Waals surface area contributed by atoms with Crippen molar-refractivity contribution in [2.75, 3.05) is 7.05 Å². The summed E-state index contributed by atoms with van der Waals surface area (Å²) >= 11 is 0. The molecule has 0 bridgehead atoms. The number of ether oxygens (including phenoxy) is 1. The molecule has 0 fully saturated rings. The van der Waals surface area contributed by atoms with Crippen molar-refractivity contribution in [1.82, 2.24) is 9.88 Å². The fourth-order valence-corrected chi connectivity index (χ4v) is 2.25. The normalized spacial score (nSPS) is 10.8. The van der Waals surface area contributed by atoms with Gasteiger partial charge in [0.25, 0.3) is 11.9 Å². The Hall–Kier alpha value is -3.26. The van der Waals surface area contributed by atoms with E-state index >= 15 is 0 Å². The van der Waals surface area contributed by atoms with Crippen molar-refractivity contribution in [1.29, 1.82) is 5.41 Å². The zero-order valence-electron chi connectivity index (χ0n) is 13.0. The van der Waals surface area contributed by atoms with Crippen LogP contribution in [0, 0.1) is 5.41 Å². The number of aromatic nitrogens is 1. The lowest BCUT2D eigenvalue weighted by molar-refractivity contribution is 0.0864. The van der Waals surface area contributed by atoms with E-state index in [4.69, 9.17) is 26.0 Å². The summed E-state index contributed by atoms with van der Waals surface area (Å²) in [6, 6.07) is 10.5. The number of furan rings is 1. The van der Waals surface area contributed by atoms with E-state index in [9.17, 15) is 4.79 Å². The van der Waals surface area contributed by atoms with Crippen LogP contribution in [0.2, 0.25) is 0 Å². The molecule has 3 aromatic rings. The Labute approximate surface area is 137 Å². The quantitative estimate of drug-likeness (QED) is 0.429. The van der Waals surface area contributed by atoms with Crippen LogP contribution in [0.15, 0.2) is 40.8 Å². The Morgan fingerprint density at radius 2 is 2.17 bits per heavy atom. The number of guanidine groups is 1. The molecule has 0 aliphatic rings. The number of aromatic amines is 1. The Bertz CT molecular complexity index is 911. The highest BCUT2D eigenvalue weighted by Gasteiger charge is 2.18. The maximum absolute atomic E-state index is 12.3.